The molecule has 1 aliphatic rings. The summed E-state index contributed by atoms with van der Waals surface area (Å²) in [5.41, 5.74) is -0.0287. The summed E-state index contributed by atoms with van der Waals surface area (Å²) in [7, 11) is 1.32. The van der Waals surface area contributed by atoms with Crippen molar-refractivity contribution in [3.63, 3.8) is 0 Å². The van der Waals surface area contributed by atoms with Crippen molar-refractivity contribution in [1.29, 1.82) is 0 Å². The zero-order valence-corrected chi connectivity index (χ0v) is 19.5. The van der Waals surface area contributed by atoms with Crippen LogP contribution in [0.1, 0.15) is 30.1 Å². The second kappa shape index (κ2) is 11.0. The first-order chi connectivity index (χ1) is 15.8. The van der Waals surface area contributed by atoms with Gasteiger partial charge in [-0.05, 0) is 19.1 Å². The van der Waals surface area contributed by atoms with Crippen LogP contribution in [0.15, 0.2) is 12.1 Å². The molecule has 0 aromatic heterocycles. The van der Waals surface area contributed by atoms with Crippen molar-refractivity contribution in [2.24, 2.45) is 0 Å². The van der Waals surface area contributed by atoms with Crippen LogP contribution in [0.3, 0.4) is 0 Å². The number of carboxylic acid groups (broad SMARTS) is 1. The summed E-state index contributed by atoms with van der Waals surface area (Å²) in [4.78, 5) is 60.2. The number of carbonyl (C=O) groups excluding carboxylic acids is 4. The highest BCUT2D eigenvalue weighted by atomic mass is 35.5. The van der Waals surface area contributed by atoms with Gasteiger partial charge in [-0.3, -0.25) is 19.2 Å². The first-order valence-corrected chi connectivity index (χ1v) is 10.5. The zero-order chi connectivity index (χ0) is 25.8. The molecular weight excluding hydrogens is 503 g/mol. The van der Waals surface area contributed by atoms with E-state index >= 15 is 0 Å². The van der Waals surface area contributed by atoms with Crippen LogP contribution < -0.4 is 15.4 Å². The predicted octanol–water partition coefficient (Wildman–Crippen LogP) is 1.51. The summed E-state index contributed by atoms with van der Waals surface area (Å²) in [5.74, 6) is -7.57. The van der Waals surface area contributed by atoms with E-state index < -0.39 is 67.1 Å². The number of benzene rings is 1. The molecule has 1 heterocycles. The fourth-order valence-corrected chi connectivity index (χ4v) is 4.00. The van der Waals surface area contributed by atoms with Crippen LogP contribution >= 0.6 is 23.2 Å². The Kier molecular flexibility index (Phi) is 8.78. The number of methoxy groups -OCH3 is 1. The van der Waals surface area contributed by atoms with Crippen molar-refractivity contribution in [3.05, 3.63) is 27.7 Å². The van der Waals surface area contributed by atoms with E-state index in [0.29, 0.717) is 4.90 Å². The van der Waals surface area contributed by atoms with Gasteiger partial charge in [-0.15, -0.1) is 0 Å². The summed E-state index contributed by atoms with van der Waals surface area (Å²) in [6, 6.07) is -2.00. The average Bonchev–Trinajstić information content (AvgIpc) is 3.07. The van der Waals surface area contributed by atoms with Gasteiger partial charge in [0, 0.05) is 12.0 Å². The molecule has 0 radical (unpaired) electrons. The summed E-state index contributed by atoms with van der Waals surface area (Å²) in [6.07, 6.45) is -1.64. The Labute approximate surface area is 202 Å². The minimum atomic E-state index is -3.41. The fourth-order valence-electron chi connectivity index (χ4n) is 3.36. The van der Waals surface area contributed by atoms with Gasteiger partial charge in [0.05, 0.1) is 36.2 Å². The number of nitrogens with one attached hydrogen (secondary N) is 2. The topological polar surface area (TPSA) is 142 Å². The van der Waals surface area contributed by atoms with E-state index in [4.69, 9.17) is 33.0 Å². The second-order valence-electron chi connectivity index (χ2n) is 7.56. The third kappa shape index (κ3) is 6.54. The first-order valence-electron chi connectivity index (χ1n) is 9.79. The molecule has 0 aliphatic carbocycles. The van der Waals surface area contributed by atoms with E-state index in [0.717, 1.165) is 0 Å². The molecular formula is C20H21Cl2F2N3O7. The van der Waals surface area contributed by atoms with Gasteiger partial charge in [0.25, 0.3) is 11.8 Å². The number of amides is 3. The monoisotopic (exact) mass is 523 g/mol. The molecule has 10 nitrogen and oxygen atoms in total. The standard InChI is InChI=1S/C20H21Cl2F2N3O7/c1-9(25-17(31)10-3-12(21)16(34-2)13(22)4-10)19(33)27-8-20(23,24)6-14(27)18(32)26-11(7-28)5-15(29)30/h3-4,7,9,11,14H,5-6,8H2,1-2H3,(H,25,31)(H,26,32)(H,29,30). The highest BCUT2D eigenvalue weighted by molar-refractivity contribution is 6.37. The van der Waals surface area contributed by atoms with Crippen molar-refractivity contribution < 1.29 is 42.6 Å². The highest BCUT2D eigenvalue weighted by Gasteiger charge is 2.51. The maximum Gasteiger partial charge on any atom is 0.305 e. The number of carbonyl (C=O) groups is 5. The molecule has 0 spiro atoms. The van der Waals surface area contributed by atoms with Crippen molar-refractivity contribution >= 4 is 53.2 Å². The summed E-state index contributed by atoms with van der Waals surface area (Å²) < 4.78 is 33.1. The molecule has 1 fully saturated rings. The Morgan fingerprint density at radius 3 is 2.35 bits per heavy atom. The largest absolute Gasteiger partial charge is 0.494 e. The number of halogens is 4. The summed E-state index contributed by atoms with van der Waals surface area (Å²) in [5, 5.41) is 13.2. The second-order valence-corrected chi connectivity index (χ2v) is 8.37. The lowest BCUT2D eigenvalue weighted by atomic mass is 10.1. The van der Waals surface area contributed by atoms with Crippen LogP contribution in [0.4, 0.5) is 8.78 Å². The lowest BCUT2D eigenvalue weighted by Crippen LogP contribution is -2.54. The third-order valence-electron chi connectivity index (χ3n) is 4.92. The Bertz CT molecular complexity index is 985. The lowest BCUT2D eigenvalue weighted by Gasteiger charge is -2.27. The fraction of sp³-hybridized carbons (Fsp3) is 0.450. The predicted molar refractivity (Wildman–Crippen MR) is 115 cm³/mol. The van der Waals surface area contributed by atoms with Gasteiger partial charge < -0.3 is 30.2 Å². The quantitative estimate of drug-likeness (QED) is 0.416. The van der Waals surface area contributed by atoms with Crippen LogP contribution in [-0.4, -0.2) is 77.7 Å². The van der Waals surface area contributed by atoms with E-state index in [9.17, 15) is 32.8 Å². The molecule has 3 atom stereocenters. The zero-order valence-electron chi connectivity index (χ0n) is 17.9. The Morgan fingerprint density at radius 2 is 1.85 bits per heavy atom. The SMILES string of the molecule is COc1c(Cl)cc(C(=O)NC(C)C(=O)N2CC(F)(F)CC2C(=O)NC(C=O)CC(=O)O)cc1Cl. The molecule has 34 heavy (non-hydrogen) atoms. The minimum Gasteiger partial charge on any atom is -0.494 e. The van der Waals surface area contributed by atoms with E-state index in [1.165, 1.54) is 26.2 Å². The molecule has 0 saturated carbocycles. The van der Waals surface area contributed by atoms with Gasteiger partial charge in [0.1, 0.15) is 18.4 Å². The number of likely N-dealkylation sites (tertiary alicyclic amines) is 1. The molecule has 1 aromatic rings. The lowest BCUT2D eigenvalue weighted by molar-refractivity contribution is -0.142. The Balaban J connectivity index is 2.16. The van der Waals surface area contributed by atoms with E-state index in [1.807, 2.05) is 5.32 Å². The summed E-state index contributed by atoms with van der Waals surface area (Å²) >= 11 is 12.0. The molecule has 2 rings (SSSR count). The maximum atomic E-state index is 14.1. The van der Waals surface area contributed by atoms with Crippen LogP contribution in [0, 0.1) is 0 Å². The molecule has 14 heteroatoms. The maximum absolute atomic E-state index is 14.1. The molecule has 3 amide bonds. The average molecular weight is 524 g/mol. The normalized spacial score (nSPS) is 18.5. The van der Waals surface area contributed by atoms with E-state index in [2.05, 4.69) is 5.32 Å². The number of carboxylic acids is 1. The number of aldehydes is 1. The number of hydrogen-bond acceptors (Lipinski definition) is 6. The first kappa shape index (κ1) is 27.3. The third-order valence-corrected chi connectivity index (χ3v) is 5.49. The number of alkyl halides is 2. The van der Waals surface area contributed by atoms with E-state index in [1.54, 1.807) is 0 Å². The van der Waals surface area contributed by atoms with Crippen molar-refractivity contribution in [2.75, 3.05) is 13.7 Å². The molecule has 3 unspecified atom stereocenters. The van der Waals surface area contributed by atoms with E-state index in [-0.39, 0.29) is 27.6 Å². The van der Waals surface area contributed by atoms with Gasteiger partial charge in [-0.2, -0.15) is 0 Å². The molecule has 3 N–H and O–H groups in total. The van der Waals surface area contributed by atoms with Crippen molar-refractivity contribution in [3.8, 4) is 5.75 Å². The molecule has 186 valence electrons. The number of nitrogens with zero attached hydrogens (tertiary/aromatic N) is 1. The molecule has 1 saturated heterocycles. The number of aliphatic carboxylic acids is 1. The van der Waals surface area contributed by atoms with Gasteiger partial charge in [0.15, 0.2) is 5.75 Å². The number of ether oxygens (including phenoxy) is 1. The Morgan fingerprint density at radius 1 is 1.26 bits per heavy atom. The van der Waals surface area contributed by atoms with Gasteiger partial charge in [-0.25, -0.2) is 8.78 Å². The van der Waals surface area contributed by atoms with Gasteiger partial charge in [0.2, 0.25) is 11.8 Å². The molecule has 1 aliphatic heterocycles. The van der Waals surface area contributed by atoms with Gasteiger partial charge >= 0.3 is 5.97 Å². The smallest absolute Gasteiger partial charge is 0.305 e. The van der Waals surface area contributed by atoms with Crippen LogP contribution in [0.2, 0.25) is 10.0 Å². The number of hydrogen-bond donors (Lipinski definition) is 3. The minimum absolute atomic E-state index is 0.0287. The summed E-state index contributed by atoms with van der Waals surface area (Å²) in [6.45, 7) is 0.131. The van der Waals surface area contributed by atoms with Crippen molar-refractivity contribution in [2.45, 2.75) is 43.8 Å². The Hall–Kier alpha value is -2.99. The molecule has 0 bridgehead atoms. The highest BCUT2D eigenvalue weighted by Crippen LogP contribution is 2.34. The molecule has 1 aromatic carbocycles. The van der Waals surface area contributed by atoms with Gasteiger partial charge in [-0.1, -0.05) is 23.2 Å². The van der Waals surface area contributed by atoms with Crippen LogP contribution in [-0.2, 0) is 19.2 Å². The van der Waals surface area contributed by atoms with Crippen LogP contribution in [0.5, 0.6) is 5.75 Å². The van der Waals surface area contributed by atoms with Crippen molar-refractivity contribution in [1.82, 2.24) is 15.5 Å². The van der Waals surface area contributed by atoms with Crippen LogP contribution in [0.25, 0.3) is 0 Å². The number of rotatable bonds is 9.